The molecule has 1 aromatic heterocycles. The van der Waals surface area contributed by atoms with E-state index in [0.29, 0.717) is 6.54 Å². The summed E-state index contributed by atoms with van der Waals surface area (Å²) in [6, 6.07) is 0. The van der Waals surface area contributed by atoms with Crippen molar-refractivity contribution in [3.63, 3.8) is 0 Å². The van der Waals surface area contributed by atoms with Gasteiger partial charge in [0.05, 0.1) is 4.92 Å². The molecule has 0 saturated carbocycles. The largest absolute Gasteiger partial charge is 0.325 e. The van der Waals surface area contributed by atoms with Crippen LogP contribution in [0.25, 0.3) is 0 Å². The maximum absolute atomic E-state index is 10.3. The van der Waals surface area contributed by atoms with Crippen molar-refractivity contribution in [1.29, 1.82) is 0 Å². The second kappa shape index (κ2) is 3.53. The topological polar surface area (TPSA) is 61.0 Å². The fraction of sp³-hybridized carbons (Fsp3) is 0.500. The van der Waals surface area contributed by atoms with Gasteiger partial charge in [0.25, 0.3) is 0 Å². The van der Waals surface area contributed by atoms with E-state index in [1.54, 1.807) is 0 Å². The summed E-state index contributed by atoms with van der Waals surface area (Å²) in [4.78, 5) is 9.77. The van der Waals surface area contributed by atoms with Crippen molar-refractivity contribution in [1.82, 2.24) is 9.78 Å². The lowest BCUT2D eigenvalue weighted by atomic mass is 10.5. The van der Waals surface area contributed by atoms with E-state index in [1.807, 2.05) is 6.92 Å². The normalized spacial score (nSPS) is 10.2. The first-order valence-corrected chi connectivity index (χ1v) is 3.90. The molecule has 0 aliphatic rings. The Balaban J connectivity index is 2.96. The first-order chi connectivity index (χ1) is 5.66. The van der Waals surface area contributed by atoms with E-state index < -0.39 is 4.92 Å². The fourth-order valence-corrected chi connectivity index (χ4v) is 1.10. The summed E-state index contributed by atoms with van der Waals surface area (Å²) in [5, 5.41) is 14.2. The number of hydrogen-bond donors (Lipinski definition) is 0. The van der Waals surface area contributed by atoms with Crippen molar-refractivity contribution < 1.29 is 4.92 Å². The van der Waals surface area contributed by atoms with Gasteiger partial charge >= 0.3 is 5.69 Å². The number of hydrogen-bond acceptors (Lipinski definition) is 3. The van der Waals surface area contributed by atoms with Crippen LogP contribution in [-0.4, -0.2) is 14.7 Å². The molecular weight excluding hydrogens is 182 g/mol. The van der Waals surface area contributed by atoms with Crippen molar-refractivity contribution in [2.75, 3.05) is 0 Å². The zero-order valence-corrected chi connectivity index (χ0v) is 7.28. The van der Waals surface area contributed by atoms with Gasteiger partial charge in [-0.05, 0) is 6.42 Å². The highest BCUT2D eigenvalue weighted by atomic mass is 35.5. The summed E-state index contributed by atoms with van der Waals surface area (Å²) >= 11 is 5.66. The van der Waals surface area contributed by atoms with E-state index in [4.69, 9.17) is 11.6 Å². The summed E-state index contributed by atoms with van der Waals surface area (Å²) in [6.45, 7) is 2.55. The molecule has 0 bridgehead atoms. The number of rotatable bonds is 3. The van der Waals surface area contributed by atoms with Crippen molar-refractivity contribution in [2.45, 2.75) is 19.9 Å². The second-order valence-corrected chi connectivity index (χ2v) is 2.66. The Morgan fingerprint density at radius 1 is 1.83 bits per heavy atom. The van der Waals surface area contributed by atoms with Gasteiger partial charge in [-0.2, -0.15) is 5.10 Å². The lowest BCUT2D eigenvalue weighted by Crippen LogP contribution is -1.98. The maximum Gasteiger partial charge on any atom is 0.325 e. The van der Waals surface area contributed by atoms with Crippen molar-refractivity contribution >= 4 is 17.3 Å². The molecule has 0 spiro atoms. The van der Waals surface area contributed by atoms with Crippen LogP contribution < -0.4 is 0 Å². The highest BCUT2D eigenvalue weighted by Gasteiger charge is 2.17. The van der Waals surface area contributed by atoms with E-state index in [0.717, 1.165) is 12.6 Å². The molecular formula is C6H8ClN3O2. The molecule has 1 heterocycles. The highest BCUT2D eigenvalue weighted by molar-refractivity contribution is 6.31. The lowest BCUT2D eigenvalue weighted by molar-refractivity contribution is -0.384. The van der Waals surface area contributed by atoms with E-state index in [9.17, 15) is 10.1 Å². The van der Waals surface area contributed by atoms with Gasteiger partial charge < -0.3 is 0 Å². The molecule has 0 aromatic carbocycles. The Bertz CT molecular complexity index is 297. The van der Waals surface area contributed by atoms with Gasteiger partial charge in [-0.3, -0.25) is 10.1 Å². The zero-order chi connectivity index (χ0) is 9.14. The molecule has 12 heavy (non-hydrogen) atoms. The average Bonchev–Trinajstić information content (AvgIpc) is 2.34. The summed E-state index contributed by atoms with van der Waals surface area (Å²) < 4.78 is 1.42. The molecule has 0 aliphatic heterocycles. The van der Waals surface area contributed by atoms with Crippen LogP contribution >= 0.6 is 11.6 Å². The lowest BCUT2D eigenvalue weighted by Gasteiger charge is -1.96. The van der Waals surface area contributed by atoms with Crippen LogP contribution in [0, 0.1) is 10.1 Å². The van der Waals surface area contributed by atoms with Crippen LogP contribution in [0.15, 0.2) is 6.20 Å². The third kappa shape index (κ3) is 1.55. The smallest absolute Gasteiger partial charge is 0.258 e. The molecule has 0 aliphatic carbocycles. The van der Waals surface area contributed by atoms with Crippen molar-refractivity contribution in [2.24, 2.45) is 0 Å². The number of halogens is 1. The minimum atomic E-state index is -0.540. The number of nitro groups is 1. The standard InChI is InChI=1S/C6H8ClN3O2/c1-2-3-9-6(7)5(4-8-9)10(11)12/h4H,2-3H2,1H3. The van der Waals surface area contributed by atoms with Gasteiger partial charge in [-0.15, -0.1) is 0 Å². The van der Waals surface area contributed by atoms with Gasteiger partial charge in [-0.1, -0.05) is 18.5 Å². The molecule has 6 heteroatoms. The van der Waals surface area contributed by atoms with Crippen molar-refractivity contribution in [3.8, 4) is 0 Å². The zero-order valence-electron chi connectivity index (χ0n) is 6.53. The Hall–Kier alpha value is -1.10. The quantitative estimate of drug-likeness (QED) is 0.539. The summed E-state index contributed by atoms with van der Waals surface area (Å²) in [6.07, 6.45) is 2.01. The molecule has 66 valence electrons. The predicted molar refractivity (Wildman–Crippen MR) is 44.2 cm³/mol. The summed E-state index contributed by atoms with van der Waals surface area (Å²) in [5.41, 5.74) is -0.134. The van der Waals surface area contributed by atoms with Crippen LogP contribution in [0.1, 0.15) is 13.3 Å². The Labute approximate surface area is 74.1 Å². The first-order valence-electron chi connectivity index (χ1n) is 3.52. The molecule has 0 saturated heterocycles. The van der Waals surface area contributed by atoms with Crippen LogP contribution in [0.5, 0.6) is 0 Å². The van der Waals surface area contributed by atoms with Crippen LogP contribution in [0.3, 0.4) is 0 Å². The van der Waals surface area contributed by atoms with Gasteiger partial charge in [-0.25, -0.2) is 4.68 Å². The Kier molecular flexibility index (Phi) is 2.65. The van der Waals surface area contributed by atoms with Crippen LogP contribution in [0.2, 0.25) is 5.15 Å². The van der Waals surface area contributed by atoms with Crippen LogP contribution in [-0.2, 0) is 6.54 Å². The molecule has 5 nitrogen and oxygen atoms in total. The fourth-order valence-electron chi connectivity index (χ4n) is 0.851. The Morgan fingerprint density at radius 2 is 2.50 bits per heavy atom. The third-order valence-electron chi connectivity index (χ3n) is 1.39. The molecule has 0 fully saturated rings. The predicted octanol–water partition coefficient (Wildman–Crippen LogP) is 1.85. The summed E-state index contributed by atoms with van der Waals surface area (Å²) in [7, 11) is 0. The SMILES string of the molecule is CCCn1ncc([N+](=O)[O-])c1Cl. The number of aryl methyl sites for hydroxylation is 1. The van der Waals surface area contributed by atoms with Crippen molar-refractivity contribution in [3.05, 3.63) is 21.5 Å². The Morgan fingerprint density at radius 3 is 2.92 bits per heavy atom. The minimum Gasteiger partial charge on any atom is -0.258 e. The van der Waals surface area contributed by atoms with E-state index >= 15 is 0 Å². The van der Waals surface area contributed by atoms with Gasteiger partial charge in [0.15, 0.2) is 0 Å². The third-order valence-corrected chi connectivity index (χ3v) is 1.78. The second-order valence-electron chi connectivity index (χ2n) is 2.30. The molecule has 0 unspecified atom stereocenters. The van der Waals surface area contributed by atoms with E-state index in [-0.39, 0.29) is 10.8 Å². The number of nitrogens with zero attached hydrogens (tertiary/aromatic N) is 3. The molecule has 0 amide bonds. The van der Waals surface area contributed by atoms with Gasteiger partial charge in [0.2, 0.25) is 5.15 Å². The molecule has 1 rings (SSSR count). The summed E-state index contributed by atoms with van der Waals surface area (Å²) in [5.74, 6) is 0. The minimum absolute atomic E-state index is 0.0989. The van der Waals surface area contributed by atoms with Gasteiger partial charge in [0, 0.05) is 6.54 Å². The monoisotopic (exact) mass is 189 g/mol. The average molecular weight is 190 g/mol. The highest BCUT2D eigenvalue weighted by Crippen LogP contribution is 2.22. The molecule has 0 atom stereocenters. The molecule has 1 aromatic rings. The van der Waals surface area contributed by atoms with Crippen LogP contribution in [0.4, 0.5) is 5.69 Å². The van der Waals surface area contributed by atoms with E-state index in [2.05, 4.69) is 5.10 Å². The van der Waals surface area contributed by atoms with Gasteiger partial charge in [0.1, 0.15) is 6.20 Å². The molecule has 0 radical (unpaired) electrons. The number of aromatic nitrogens is 2. The first kappa shape index (κ1) is 8.99. The van der Waals surface area contributed by atoms with E-state index in [1.165, 1.54) is 4.68 Å². The maximum atomic E-state index is 10.3. The molecule has 0 N–H and O–H groups in total.